The lowest BCUT2D eigenvalue weighted by Gasteiger charge is -2.37. The summed E-state index contributed by atoms with van der Waals surface area (Å²) in [5.74, 6) is 1.52. The van der Waals surface area contributed by atoms with Crippen LogP contribution in [-0.4, -0.2) is 54.8 Å². The molecule has 3 aliphatic heterocycles. The average Bonchev–Trinajstić information content (AvgIpc) is 3.64. The van der Waals surface area contributed by atoms with Crippen molar-refractivity contribution >= 4 is 19.8 Å². The van der Waals surface area contributed by atoms with Crippen molar-refractivity contribution in [1.29, 1.82) is 0 Å². The van der Waals surface area contributed by atoms with Crippen molar-refractivity contribution in [2.45, 2.75) is 38.0 Å². The van der Waals surface area contributed by atoms with Crippen LogP contribution >= 0.6 is 8.58 Å². The maximum atomic E-state index is 13.1. The van der Waals surface area contributed by atoms with Crippen molar-refractivity contribution in [2.24, 2.45) is 0 Å². The standard InChI is InChI=1S/C25H29N2O3P/c1-16-12-19(17-8-10-26(11-9-17)20-5-6-20)15-27-24(28)14-23(31-25(16)27)18-4-7-21(29-2)22(13-18)30-3/h4,7-8,12-15,20,25,31H,5-6,9-11H2,1-3H3. The van der Waals surface area contributed by atoms with Crippen LogP contribution in [0.2, 0.25) is 0 Å². The number of carbonyl (C=O) groups is 1. The van der Waals surface area contributed by atoms with Crippen LogP contribution in [0.3, 0.4) is 0 Å². The number of allylic oxidation sites excluding steroid dienone is 2. The zero-order valence-corrected chi connectivity index (χ0v) is 19.4. The Labute approximate surface area is 185 Å². The van der Waals surface area contributed by atoms with Gasteiger partial charge in [-0.05, 0) is 65.9 Å². The first-order chi connectivity index (χ1) is 15.1. The van der Waals surface area contributed by atoms with Gasteiger partial charge in [-0.15, -0.1) is 0 Å². The predicted molar refractivity (Wildman–Crippen MR) is 126 cm³/mol. The fraction of sp³-hybridized carbons (Fsp3) is 0.400. The van der Waals surface area contributed by atoms with E-state index in [1.165, 1.54) is 29.6 Å². The zero-order chi connectivity index (χ0) is 21.5. The molecule has 1 amide bonds. The molecular formula is C25H29N2O3P. The van der Waals surface area contributed by atoms with Crippen LogP contribution in [0.25, 0.3) is 5.31 Å². The van der Waals surface area contributed by atoms with E-state index in [4.69, 9.17) is 9.47 Å². The van der Waals surface area contributed by atoms with E-state index in [9.17, 15) is 4.79 Å². The SMILES string of the molecule is COc1ccc(C2=CC(=O)N3C=C(C4=CCN(C5CC5)CC4)C=C(C)C3P2)cc1OC. The number of hydrogen-bond donors (Lipinski definition) is 0. The van der Waals surface area contributed by atoms with Crippen molar-refractivity contribution in [3.05, 3.63) is 64.9 Å². The van der Waals surface area contributed by atoms with E-state index in [0.717, 1.165) is 36.4 Å². The molecule has 5 rings (SSSR count). The van der Waals surface area contributed by atoms with Crippen molar-refractivity contribution < 1.29 is 14.3 Å². The largest absolute Gasteiger partial charge is 0.493 e. The molecule has 1 aromatic carbocycles. The average molecular weight is 436 g/mol. The molecule has 5 nitrogen and oxygen atoms in total. The number of benzene rings is 1. The molecule has 0 bridgehead atoms. The molecule has 6 heteroatoms. The third-order valence-corrected chi connectivity index (χ3v) is 8.31. The van der Waals surface area contributed by atoms with Crippen LogP contribution in [0.1, 0.15) is 31.7 Å². The summed E-state index contributed by atoms with van der Waals surface area (Å²) in [4.78, 5) is 17.6. The molecule has 162 valence electrons. The minimum Gasteiger partial charge on any atom is -0.493 e. The van der Waals surface area contributed by atoms with E-state index in [1.54, 1.807) is 20.3 Å². The van der Waals surface area contributed by atoms with Gasteiger partial charge < -0.3 is 14.4 Å². The first-order valence-corrected chi connectivity index (χ1v) is 12.0. The molecule has 3 heterocycles. The van der Waals surface area contributed by atoms with E-state index in [0.29, 0.717) is 20.1 Å². The number of amides is 1. The van der Waals surface area contributed by atoms with Crippen LogP contribution in [0.4, 0.5) is 0 Å². The second-order valence-corrected chi connectivity index (χ2v) is 9.97. The first kappa shape index (κ1) is 20.5. The van der Waals surface area contributed by atoms with Gasteiger partial charge in [-0.25, -0.2) is 0 Å². The molecule has 0 spiro atoms. The number of hydrogen-bond acceptors (Lipinski definition) is 4. The summed E-state index contributed by atoms with van der Waals surface area (Å²) < 4.78 is 10.8. The quantitative estimate of drug-likeness (QED) is 0.636. The van der Waals surface area contributed by atoms with Gasteiger partial charge >= 0.3 is 0 Å². The summed E-state index contributed by atoms with van der Waals surface area (Å²) in [5, 5.41) is 1.06. The summed E-state index contributed by atoms with van der Waals surface area (Å²) in [6, 6.07) is 6.68. The number of ether oxygens (including phenoxy) is 2. The molecule has 0 N–H and O–H groups in total. The highest BCUT2D eigenvalue weighted by molar-refractivity contribution is 7.51. The molecule has 0 radical (unpaired) electrons. The summed E-state index contributed by atoms with van der Waals surface area (Å²) >= 11 is 0. The maximum absolute atomic E-state index is 13.1. The third-order valence-electron chi connectivity index (χ3n) is 6.55. The van der Waals surface area contributed by atoms with Gasteiger partial charge in [0.1, 0.15) is 0 Å². The van der Waals surface area contributed by atoms with Gasteiger partial charge in [0.15, 0.2) is 11.5 Å². The maximum Gasteiger partial charge on any atom is 0.252 e. The number of rotatable bonds is 5. The second-order valence-electron chi connectivity index (χ2n) is 8.60. The van der Waals surface area contributed by atoms with Gasteiger partial charge in [-0.2, -0.15) is 0 Å². The van der Waals surface area contributed by atoms with Gasteiger partial charge in [0.2, 0.25) is 0 Å². The predicted octanol–water partition coefficient (Wildman–Crippen LogP) is 4.53. The summed E-state index contributed by atoms with van der Waals surface area (Å²) in [7, 11) is 3.76. The Balaban J connectivity index is 1.39. The smallest absolute Gasteiger partial charge is 0.252 e. The van der Waals surface area contributed by atoms with Gasteiger partial charge in [0.25, 0.3) is 5.91 Å². The van der Waals surface area contributed by atoms with Crippen LogP contribution in [-0.2, 0) is 4.79 Å². The minimum absolute atomic E-state index is 0.0505. The molecule has 1 fully saturated rings. The Morgan fingerprint density at radius 1 is 1.10 bits per heavy atom. The van der Waals surface area contributed by atoms with Crippen LogP contribution < -0.4 is 9.47 Å². The molecule has 1 aliphatic carbocycles. The Bertz CT molecular complexity index is 1040. The van der Waals surface area contributed by atoms with Gasteiger partial charge in [0.05, 0.1) is 20.0 Å². The van der Waals surface area contributed by atoms with E-state index < -0.39 is 0 Å². The lowest BCUT2D eigenvalue weighted by molar-refractivity contribution is -0.123. The van der Waals surface area contributed by atoms with E-state index in [1.807, 2.05) is 23.1 Å². The second kappa shape index (κ2) is 8.29. The van der Waals surface area contributed by atoms with Crippen molar-refractivity contribution in [1.82, 2.24) is 9.80 Å². The Kier molecular flexibility index (Phi) is 5.49. The molecule has 2 unspecified atom stereocenters. The number of fused-ring (bicyclic) bond motifs is 1. The molecule has 0 aromatic heterocycles. The molecule has 2 atom stereocenters. The Morgan fingerprint density at radius 2 is 1.90 bits per heavy atom. The fourth-order valence-corrected chi connectivity index (χ4v) is 6.11. The van der Waals surface area contributed by atoms with E-state index in [2.05, 4.69) is 30.2 Å². The lowest BCUT2D eigenvalue weighted by Crippen LogP contribution is -2.38. The van der Waals surface area contributed by atoms with Gasteiger partial charge in [-0.1, -0.05) is 26.8 Å². The van der Waals surface area contributed by atoms with Crippen molar-refractivity contribution in [3.63, 3.8) is 0 Å². The van der Waals surface area contributed by atoms with E-state index in [-0.39, 0.29) is 11.7 Å². The highest BCUT2D eigenvalue weighted by Crippen LogP contribution is 2.48. The molecular weight excluding hydrogens is 407 g/mol. The zero-order valence-electron chi connectivity index (χ0n) is 18.4. The van der Waals surface area contributed by atoms with Crippen LogP contribution in [0, 0.1) is 0 Å². The van der Waals surface area contributed by atoms with Crippen molar-refractivity contribution in [3.8, 4) is 11.5 Å². The summed E-state index contributed by atoms with van der Waals surface area (Å²) in [5.41, 5.74) is 4.84. The van der Waals surface area contributed by atoms with Crippen LogP contribution in [0.15, 0.2) is 59.3 Å². The Hall–Kier alpha value is -2.36. The fourth-order valence-electron chi connectivity index (χ4n) is 4.63. The summed E-state index contributed by atoms with van der Waals surface area (Å²) in [6.45, 7) is 4.32. The molecule has 1 saturated carbocycles. The molecule has 0 saturated heterocycles. The highest BCUT2D eigenvalue weighted by atomic mass is 31.1. The minimum atomic E-state index is 0.0505. The summed E-state index contributed by atoms with van der Waals surface area (Å²) in [6.07, 6.45) is 12.3. The third kappa shape index (κ3) is 3.97. The topological polar surface area (TPSA) is 42.0 Å². The molecule has 1 aromatic rings. The van der Waals surface area contributed by atoms with E-state index >= 15 is 0 Å². The molecule has 4 aliphatic rings. The first-order valence-electron chi connectivity index (χ1n) is 10.9. The number of carbonyl (C=O) groups excluding carboxylic acids is 1. The highest BCUT2D eigenvalue weighted by Gasteiger charge is 2.34. The monoisotopic (exact) mass is 436 g/mol. The number of nitrogens with zero attached hydrogens (tertiary/aromatic N) is 2. The van der Waals surface area contributed by atoms with Gasteiger partial charge in [-0.3, -0.25) is 9.69 Å². The molecule has 31 heavy (non-hydrogen) atoms. The van der Waals surface area contributed by atoms with Gasteiger partial charge in [0, 0.05) is 31.4 Å². The lowest BCUT2D eigenvalue weighted by atomic mass is 9.96. The van der Waals surface area contributed by atoms with Crippen molar-refractivity contribution in [2.75, 3.05) is 27.3 Å². The number of methoxy groups -OCH3 is 2. The Morgan fingerprint density at radius 3 is 2.58 bits per heavy atom. The normalized spacial score (nSPS) is 24.8. The van der Waals surface area contributed by atoms with Crippen LogP contribution in [0.5, 0.6) is 11.5 Å².